The predicted molar refractivity (Wildman–Crippen MR) is 132 cm³/mol. The number of nitrogens with zero attached hydrogens (tertiary/aromatic N) is 1. The fraction of sp³-hybridized carbons (Fsp3) is 0.259. The number of ketones is 1. The zero-order chi connectivity index (χ0) is 24.4. The van der Waals surface area contributed by atoms with Crippen LogP contribution in [0.1, 0.15) is 71.5 Å². The molecule has 0 saturated heterocycles. The van der Waals surface area contributed by atoms with Gasteiger partial charge in [0.2, 0.25) is 5.91 Å². The monoisotopic (exact) mass is 457 g/mol. The molecule has 7 nitrogen and oxygen atoms in total. The highest BCUT2D eigenvalue weighted by atomic mass is 16.2. The van der Waals surface area contributed by atoms with E-state index in [0.29, 0.717) is 53.5 Å². The third-order valence-corrected chi connectivity index (χ3v) is 5.95. The molecule has 1 aromatic heterocycles. The lowest BCUT2D eigenvalue weighted by Crippen LogP contribution is -2.33. The molecule has 0 radical (unpaired) electrons. The van der Waals surface area contributed by atoms with Crippen molar-refractivity contribution in [2.24, 2.45) is 0 Å². The van der Waals surface area contributed by atoms with Gasteiger partial charge in [0.05, 0.1) is 0 Å². The molecule has 2 aromatic carbocycles. The number of carbonyl (C=O) groups is 3. The Morgan fingerprint density at radius 3 is 2.09 bits per heavy atom. The second-order valence-electron chi connectivity index (χ2n) is 8.79. The lowest BCUT2D eigenvalue weighted by atomic mass is 9.92. The molecule has 1 aliphatic rings. The Balaban J connectivity index is 1.74. The van der Waals surface area contributed by atoms with Crippen LogP contribution in [0, 0.1) is 0 Å². The standard InChI is InChI=1S/C27H27N3O4/c1-16(2)18-7-13-21(14-8-18)30-24-5-4-6-25(32)22(24)15-23(27(30)34)26(33)29-20-11-9-19(10-12-20)28-17(3)31/h7-16H,4-6H2,1-3H3,(H,28,31)(H,29,33). The minimum Gasteiger partial charge on any atom is -0.326 e. The van der Waals surface area contributed by atoms with Crippen LogP contribution in [0.25, 0.3) is 5.69 Å². The summed E-state index contributed by atoms with van der Waals surface area (Å²) in [6, 6.07) is 15.7. The van der Waals surface area contributed by atoms with Crippen LogP contribution in [-0.4, -0.2) is 22.2 Å². The van der Waals surface area contributed by atoms with Crippen molar-refractivity contribution in [2.45, 2.75) is 46.0 Å². The molecular formula is C27H27N3O4. The molecule has 0 bridgehead atoms. The lowest BCUT2D eigenvalue weighted by Gasteiger charge is -2.22. The molecule has 0 saturated carbocycles. The van der Waals surface area contributed by atoms with Crippen molar-refractivity contribution < 1.29 is 14.4 Å². The highest BCUT2D eigenvalue weighted by Gasteiger charge is 2.26. The van der Waals surface area contributed by atoms with Gasteiger partial charge in [0.15, 0.2) is 5.78 Å². The number of pyridine rings is 1. The summed E-state index contributed by atoms with van der Waals surface area (Å²) in [7, 11) is 0. The van der Waals surface area contributed by atoms with Crippen molar-refractivity contribution in [2.75, 3.05) is 10.6 Å². The van der Waals surface area contributed by atoms with Gasteiger partial charge < -0.3 is 10.6 Å². The second-order valence-corrected chi connectivity index (χ2v) is 8.79. The van der Waals surface area contributed by atoms with Gasteiger partial charge in [-0.25, -0.2) is 0 Å². The quantitative estimate of drug-likeness (QED) is 0.581. The smallest absolute Gasteiger partial charge is 0.268 e. The summed E-state index contributed by atoms with van der Waals surface area (Å²) in [6.07, 6.45) is 1.65. The highest BCUT2D eigenvalue weighted by Crippen LogP contribution is 2.25. The minimum atomic E-state index is -0.592. The fourth-order valence-corrected chi connectivity index (χ4v) is 4.17. The van der Waals surface area contributed by atoms with Crippen molar-refractivity contribution in [3.8, 4) is 5.69 Å². The van der Waals surface area contributed by atoms with E-state index in [4.69, 9.17) is 0 Å². The van der Waals surface area contributed by atoms with Gasteiger partial charge in [0, 0.05) is 41.7 Å². The number of Topliss-reactive ketones (excluding diaryl/α,β-unsaturated/α-hetero) is 1. The number of amides is 2. The van der Waals surface area contributed by atoms with Gasteiger partial charge in [-0.05, 0) is 66.8 Å². The van der Waals surface area contributed by atoms with Crippen LogP contribution in [0.5, 0.6) is 0 Å². The van der Waals surface area contributed by atoms with Gasteiger partial charge in [-0.2, -0.15) is 0 Å². The number of hydrogen-bond acceptors (Lipinski definition) is 4. The number of hydrogen-bond donors (Lipinski definition) is 2. The summed E-state index contributed by atoms with van der Waals surface area (Å²) in [5.41, 5.74) is 3.35. The molecule has 2 amide bonds. The van der Waals surface area contributed by atoms with E-state index in [1.54, 1.807) is 24.3 Å². The van der Waals surface area contributed by atoms with Crippen LogP contribution < -0.4 is 16.2 Å². The van der Waals surface area contributed by atoms with Gasteiger partial charge in [-0.15, -0.1) is 0 Å². The number of benzene rings is 2. The molecule has 1 heterocycles. The largest absolute Gasteiger partial charge is 0.326 e. The van der Waals surface area contributed by atoms with Crippen molar-refractivity contribution in [3.63, 3.8) is 0 Å². The lowest BCUT2D eigenvalue weighted by molar-refractivity contribution is -0.114. The summed E-state index contributed by atoms with van der Waals surface area (Å²) >= 11 is 0. The molecule has 34 heavy (non-hydrogen) atoms. The van der Waals surface area contributed by atoms with Crippen LogP contribution in [0.3, 0.4) is 0 Å². The van der Waals surface area contributed by atoms with Gasteiger partial charge >= 0.3 is 0 Å². The number of aromatic nitrogens is 1. The third-order valence-electron chi connectivity index (χ3n) is 5.95. The van der Waals surface area contributed by atoms with Crippen molar-refractivity contribution >= 4 is 29.0 Å². The fourth-order valence-electron chi connectivity index (χ4n) is 4.17. The van der Waals surface area contributed by atoms with Crippen molar-refractivity contribution in [1.82, 2.24) is 4.57 Å². The summed E-state index contributed by atoms with van der Waals surface area (Å²) in [5, 5.41) is 5.39. The Bertz CT molecular complexity index is 1320. The van der Waals surface area contributed by atoms with Crippen LogP contribution in [0.4, 0.5) is 11.4 Å². The van der Waals surface area contributed by atoms with E-state index in [1.807, 2.05) is 24.3 Å². The SMILES string of the molecule is CC(=O)Nc1ccc(NC(=O)c2cc3c(n(-c4ccc(C(C)C)cc4)c2=O)CCCC3=O)cc1. The molecule has 2 N–H and O–H groups in total. The average Bonchev–Trinajstić information content (AvgIpc) is 2.80. The van der Waals surface area contributed by atoms with Crippen molar-refractivity contribution in [3.05, 3.63) is 87.3 Å². The van der Waals surface area contributed by atoms with Crippen molar-refractivity contribution in [1.29, 1.82) is 0 Å². The summed E-state index contributed by atoms with van der Waals surface area (Å²) < 4.78 is 1.51. The number of anilines is 2. The first-order chi connectivity index (χ1) is 16.2. The molecule has 0 fully saturated rings. The van der Waals surface area contributed by atoms with E-state index in [0.717, 1.165) is 5.56 Å². The zero-order valence-electron chi connectivity index (χ0n) is 19.5. The van der Waals surface area contributed by atoms with E-state index in [9.17, 15) is 19.2 Å². The topological polar surface area (TPSA) is 97.3 Å². The van der Waals surface area contributed by atoms with E-state index >= 15 is 0 Å². The van der Waals surface area contributed by atoms with Gasteiger partial charge in [0.25, 0.3) is 11.5 Å². The Morgan fingerprint density at radius 1 is 0.882 bits per heavy atom. The maximum Gasteiger partial charge on any atom is 0.268 e. The first-order valence-electron chi connectivity index (χ1n) is 11.4. The van der Waals surface area contributed by atoms with E-state index in [2.05, 4.69) is 24.5 Å². The molecule has 0 aliphatic heterocycles. The van der Waals surface area contributed by atoms with Gasteiger partial charge in [-0.1, -0.05) is 26.0 Å². The molecule has 7 heteroatoms. The maximum atomic E-state index is 13.5. The Kier molecular flexibility index (Phi) is 6.45. The molecule has 0 atom stereocenters. The zero-order valence-corrected chi connectivity index (χ0v) is 19.5. The van der Waals surface area contributed by atoms with Crippen LogP contribution >= 0.6 is 0 Å². The number of rotatable bonds is 5. The first-order valence-corrected chi connectivity index (χ1v) is 11.4. The molecule has 3 aromatic rings. The van der Waals surface area contributed by atoms with Crippen LogP contribution in [0.2, 0.25) is 0 Å². The van der Waals surface area contributed by atoms with E-state index in [1.165, 1.54) is 17.6 Å². The number of carbonyl (C=O) groups excluding carboxylic acids is 3. The van der Waals surface area contributed by atoms with E-state index < -0.39 is 11.5 Å². The van der Waals surface area contributed by atoms with Gasteiger partial charge in [-0.3, -0.25) is 23.7 Å². The Morgan fingerprint density at radius 2 is 1.50 bits per heavy atom. The molecule has 174 valence electrons. The normalized spacial score (nSPS) is 12.9. The Labute approximate surface area is 197 Å². The summed E-state index contributed by atoms with van der Waals surface area (Å²) in [4.78, 5) is 50.5. The van der Waals surface area contributed by atoms with Gasteiger partial charge in [0.1, 0.15) is 5.56 Å². The molecule has 1 aliphatic carbocycles. The average molecular weight is 458 g/mol. The molecule has 0 spiro atoms. The minimum absolute atomic E-state index is 0.0671. The summed E-state index contributed by atoms with van der Waals surface area (Å²) in [5.74, 6) is -0.513. The molecule has 4 rings (SSSR count). The second kappa shape index (κ2) is 9.47. The summed E-state index contributed by atoms with van der Waals surface area (Å²) in [6.45, 7) is 5.60. The van der Waals surface area contributed by atoms with Crippen LogP contribution in [0.15, 0.2) is 59.4 Å². The van der Waals surface area contributed by atoms with E-state index in [-0.39, 0.29) is 17.3 Å². The third kappa shape index (κ3) is 4.69. The predicted octanol–water partition coefficient (Wildman–Crippen LogP) is 4.69. The Hall–Kier alpha value is -4.00. The molecule has 0 unspecified atom stereocenters. The maximum absolute atomic E-state index is 13.5. The first kappa shape index (κ1) is 23.2. The number of nitrogens with one attached hydrogen (secondary N) is 2. The molecular weight excluding hydrogens is 430 g/mol. The van der Waals surface area contributed by atoms with Crippen LogP contribution in [-0.2, 0) is 11.2 Å². The number of fused-ring (bicyclic) bond motifs is 1. The highest BCUT2D eigenvalue weighted by molar-refractivity contribution is 6.07.